The molecule has 142 valence electrons. The van der Waals surface area contributed by atoms with Crippen molar-refractivity contribution in [3.05, 3.63) is 53.3 Å². The Bertz CT molecular complexity index is 1030. The molecule has 0 spiro atoms. The van der Waals surface area contributed by atoms with E-state index in [2.05, 4.69) is 26.4 Å². The number of amides is 1. The molecule has 1 saturated heterocycles. The van der Waals surface area contributed by atoms with Crippen molar-refractivity contribution in [1.29, 1.82) is 5.26 Å². The molecule has 4 rings (SSSR count). The standard InChI is InChI=1S/C21H21N5O2/c1-2-19-18-11-15(13-23-21(18)28-25-19)20(27)24-16-7-9-26(10-8-16)17-5-3-14(12-22)4-6-17/h3-6,11,13,16H,2,7-10H2,1H3,(H,24,27). The summed E-state index contributed by atoms with van der Waals surface area (Å²) in [6, 6.07) is 11.7. The number of pyridine rings is 1. The van der Waals surface area contributed by atoms with Crippen LogP contribution in [0.25, 0.3) is 11.1 Å². The molecule has 1 N–H and O–H groups in total. The lowest BCUT2D eigenvalue weighted by Crippen LogP contribution is -2.44. The third kappa shape index (κ3) is 3.54. The monoisotopic (exact) mass is 375 g/mol. The van der Waals surface area contributed by atoms with Crippen LogP contribution in [0, 0.1) is 11.3 Å². The van der Waals surface area contributed by atoms with E-state index in [0.29, 0.717) is 16.8 Å². The molecular weight excluding hydrogens is 354 g/mol. The van der Waals surface area contributed by atoms with E-state index in [4.69, 9.17) is 9.78 Å². The second-order valence-electron chi connectivity index (χ2n) is 6.95. The van der Waals surface area contributed by atoms with Crippen LogP contribution in [0.1, 0.15) is 41.4 Å². The van der Waals surface area contributed by atoms with Crippen LogP contribution in [0.5, 0.6) is 0 Å². The van der Waals surface area contributed by atoms with Crippen LogP contribution in [0.3, 0.4) is 0 Å². The number of carbonyl (C=O) groups is 1. The molecule has 0 unspecified atom stereocenters. The van der Waals surface area contributed by atoms with Gasteiger partial charge in [-0.1, -0.05) is 12.1 Å². The van der Waals surface area contributed by atoms with Crippen molar-refractivity contribution >= 4 is 22.7 Å². The van der Waals surface area contributed by atoms with Gasteiger partial charge in [-0.2, -0.15) is 5.26 Å². The number of aryl methyl sites for hydroxylation is 1. The number of nitriles is 1. The topological polar surface area (TPSA) is 95.0 Å². The number of nitrogens with one attached hydrogen (secondary N) is 1. The Morgan fingerprint density at radius 2 is 2.07 bits per heavy atom. The van der Waals surface area contributed by atoms with Gasteiger partial charge in [-0.25, -0.2) is 4.98 Å². The van der Waals surface area contributed by atoms with E-state index >= 15 is 0 Å². The normalized spacial score (nSPS) is 14.8. The molecule has 0 bridgehead atoms. The summed E-state index contributed by atoms with van der Waals surface area (Å²) in [5, 5.41) is 16.8. The number of hydrogen-bond acceptors (Lipinski definition) is 6. The molecule has 0 aliphatic carbocycles. The summed E-state index contributed by atoms with van der Waals surface area (Å²) in [6.45, 7) is 3.71. The predicted molar refractivity (Wildman–Crippen MR) is 105 cm³/mol. The van der Waals surface area contributed by atoms with Crippen LogP contribution < -0.4 is 10.2 Å². The second kappa shape index (κ2) is 7.69. The molecule has 7 nitrogen and oxygen atoms in total. The zero-order valence-electron chi connectivity index (χ0n) is 15.7. The number of rotatable bonds is 4. The Morgan fingerprint density at radius 3 is 2.75 bits per heavy atom. The summed E-state index contributed by atoms with van der Waals surface area (Å²) in [7, 11) is 0. The molecule has 1 aliphatic rings. The largest absolute Gasteiger partial charge is 0.371 e. The van der Waals surface area contributed by atoms with Gasteiger partial charge in [0.25, 0.3) is 11.6 Å². The third-order valence-corrected chi connectivity index (χ3v) is 5.19. The minimum atomic E-state index is -0.116. The van der Waals surface area contributed by atoms with Crippen LogP contribution in [0.15, 0.2) is 41.1 Å². The summed E-state index contributed by atoms with van der Waals surface area (Å²) in [6.07, 6.45) is 4.01. The van der Waals surface area contributed by atoms with E-state index in [1.54, 1.807) is 6.07 Å². The molecule has 0 radical (unpaired) electrons. The first-order valence-electron chi connectivity index (χ1n) is 9.48. The predicted octanol–water partition coefficient (Wildman–Crippen LogP) is 3.06. The Labute approximate surface area is 162 Å². The summed E-state index contributed by atoms with van der Waals surface area (Å²) in [4.78, 5) is 19.1. The number of benzene rings is 1. The van der Waals surface area contributed by atoms with Gasteiger partial charge in [-0.05, 0) is 49.6 Å². The van der Waals surface area contributed by atoms with Crippen molar-refractivity contribution in [2.24, 2.45) is 0 Å². The maximum absolute atomic E-state index is 12.7. The number of carbonyl (C=O) groups excluding carboxylic acids is 1. The summed E-state index contributed by atoms with van der Waals surface area (Å²) >= 11 is 0. The number of hydrogen-bond donors (Lipinski definition) is 1. The maximum atomic E-state index is 12.7. The molecule has 3 heterocycles. The average molecular weight is 375 g/mol. The van der Waals surface area contributed by atoms with E-state index in [1.165, 1.54) is 6.20 Å². The highest BCUT2D eigenvalue weighted by molar-refractivity contribution is 5.97. The van der Waals surface area contributed by atoms with E-state index in [0.717, 1.165) is 49.1 Å². The molecule has 2 aromatic heterocycles. The molecule has 1 aliphatic heterocycles. The second-order valence-corrected chi connectivity index (χ2v) is 6.95. The van der Waals surface area contributed by atoms with Crippen LogP contribution in [0.4, 0.5) is 5.69 Å². The van der Waals surface area contributed by atoms with Gasteiger partial charge in [0, 0.05) is 31.0 Å². The SMILES string of the molecule is CCc1noc2ncc(C(=O)NC3CCN(c4ccc(C#N)cc4)CC3)cc12. The number of aromatic nitrogens is 2. The first-order chi connectivity index (χ1) is 13.7. The maximum Gasteiger partial charge on any atom is 0.257 e. The number of nitrogens with zero attached hydrogens (tertiary/aromatic N) is 4. The van der Waals surface area contributed by atoms with E-state index in [1.807, 2.05) is 31.2 Å². The van der Waals surface area contributed by atoms with Crippen molar-refractivity contribution < 1.29 is 9.32 Å². The first-order valence-corrected chi connectivity index (χ1v) is 9.48. The molecule has 1 aromatic carbocycles. The smallest absolute Gasteiger partial charge is 0.257 e. The van der Waals surface area contributed by atoms with Crippen LogP contribution in [0.2, 0.25) is 0 Å². The lowest BCUT2D eigenvalue weighted by atomic mass is 10.0. The lowest BCUT2D eigenvalue weighted by molar-refractivity contribution is 0.0931. The van der Waals surface area contributed by atoms with Gasteiger partial charge in [0.05, 0.1) is 28.3 Å². The van der Waals surface area contributed by atoms with Gasteiger partial charge in [-0.3, -0.25) is 4.79 Å². The van der Waals surface area contributed by atoms with Crippen molar-refractivity contribution in [2.75, 3.05) is 18.0 Å². The quantitative estimate of drug-likeness (QED) is 0.753. The minimum absolute atomic E-state index is 0.116. The van der Waals surface area contributed by atoms with Gasteiger partial charge < -0.3 is 14.7 Å². The Kier molecular flexibility index (Phi) is 4.94. The Hall–Kier alpha value is -3.40. The highest BCUT2D eigenvalue weighted by Gasteiger charge is 2.22. The van der Waals surface area contributed by atoms with E-state index in [9.17, 15) is 4.79 Å². The fraction of sp³-hybridized carbons (Fsp3) is 0.333. The van der Waals surface area contributed by atoms with Crippen molar-refractivity contribution in [2.45, 2.75) is 32.2 Å². The fourth-order valence-corrected chi connectivity index (χ4v) is 3.56. The highest BCUT2D eigenvalue weighted by Crippen LogP contribution is 2.22. The van der Waals surface area contributed by atoms with E-state index < -0.39 is 0 Å². The Balaban J connectivity index is 1.37. The zero-order valence-corrected chi connectivity index (χ0v) is 15.7. The molecule has 0 saturated carbocycles. The van der Waals surface area contributed by atoms with Crippen molar-refractivity contribution in [3.63, 3.8) is 0 Å². The van der Waals surface area contributed by atoms with Crippen LogP contribution >= 0.6 is 0 Å². The molecule has 1 amide bonds. The molecule has 28 heavy (non-hydrogen) atoms. The number of fused-ring (bicyclic) bond motifs is 1. The van der Waals surface area contributed by atoms with Gasteiger partial charge in [0.2, 0.25) is 0 Å². The summed E-state index contributed by atoms with van der Waals surface area (Å²) < 4.78 is 5.18. The van der Waals surface area contributed by atoms with Crippen molar-refractivity contribution in [1.82, 2.24) is 15.5 Å². The van der Waals surface area contributed by atoms with Crippen molar-refractivity contribution in [3.8, 4) is 6.07 Å². The van der Waals surface area contributed by atoms with Gasteiger partial charge in [-0.15, -0.1) is 0 Å². The molecule has 7 heteroatoms. The van der Waals surface area contributed by atoms with Crippen LogP contribution in [-0.4, -0.2) is 35.2 Å². The number of anilines is 1. The fourth-order valence-electron chi connectivity index (χ4n) is 3.56. The van der Waals surface area contributed by atoms with Gasteiger partial charge in [0.1, 0.15) is 0 Å². The van der Waals surface area contributed by atoms with E-state index in [-0.39, 0.29) is 11.9 Å². The summed E-state index contributed by atoms with van der Waals surface area (Å²) in [5.74, 6) is -0.116. The number of piperidine rings is 1. The Morgan fingerprint density at radius 1 is 1.32 bits per heavy atom. The third-order valence-electron chi connectivity index (χ3n) is 5.19. The lowest BCUT2D eigenvalue weighted by Gasteiger charge is -2.34. The first kappa shape index (κ1) is 18.0. The average Bonchev–Trinajstić information content (AvgIpc) is 3.16. The molecular formula is C21H21N5O2. The summed E-state index contributed by atoms with van der Waals surface area (Å²) in [5.41, 5.74) is 3.57. The minimum Gasteiger partial charge on any atom is -0.371 e. The molecule has 3 aromatic rings. The highest BCUT2D eigenvalue weighted by atomic mass is 16.5. The van der Waals surface area contributed by atoms with Gasteiger partial charge >= 0.3 is 0 Å². The van der Waals surface area contributed by atoms with Gasteiger partial charge in [0.15, 0.2) is 0 Å². The van der Waals surface area contributed by atoms with Crippen LogP contribution in [-0.2, 0) is 6.42 Å². The molecule has 0 atom stereocenters. The zero-order chi connectivity index (χ0) is 19.5. The molecule has 1 fully saturated rings.